The fourth-order valence-electron chi connectivity index (χ4n) is 3.59. The van der Waals surface area contributed by atoms with Gasteiger partial charge >= 0.3 is 0 Å². The number of nitrogens with one attached hydrogen (secondary N) is 1. The molecular weight excluding hydrogens is 328 g/mol. The lowest BCUT2D eigenvalue weighted by Crippen LogP contribution is -2.17. The summed E-state index contributed by atoms with van der Waals surface area (Å²) < 4.78 is 5.37. The van der Waals surface area contributed by atoms with Crippen molar-refractivity contribution in [2.75, 3.05) is 7.05 Å². The van der Waals surface area contributed by atoms with E-state index in [1.807, 2.05) is 25.4 Å². The topological polar surface area (TPSA) is 83.7 Å². The van der Waals surface area contributed by atoms with Gasteiger partial charge in [0.25, 0.3) is 0 Å². The first-order valence-electron chi connectivity index (χ1n) is 9.20. The molecule has 136 valence electrons. The molecule has 3 aromatic heterocycles. The highest BCUT2D eigenvalue weighted by Gasteiger charge is 2.17. The van der Waals surface area contributed by atoms with Gasteiger partial charge in [0.05, 0.1) is 6.54 Å². The van der Waals surface area contributed by atoms with Gasteiger partial charge < -0.3 is 9.51 Å². The third kappa shape index (κ3) is 4.16. The van der Waals surface area contributed by atoms with E-state index in [1.165, 1.54) is 25.7 Å². The van der Waals surface area contributed by atoms with Crippen LogP contribution in [0.4, 0.5) is 0 Å². The van der Waals surface area contributed by atoms with Gasteiger partial charge in [0, 0.05) is 42.8 Å². The predicted octanol–water partition coefficient (Wildman–Crippen LogP) is 3.22. The van der Waals surface area contributed by atoms with Gasteiger partial charge in [-0.15, -0.1) is 0 Å². The number of pyridine rings is 1. The molecular formula is C19H24N6O. The first-order valence-corrected chi connectivity index (χ1v) is 9.20. The van der Waals surface area contributed by atoms with Gasteiger partial charge in [-0.25, -0.2) is 4.98 Å². The summed E-state index contributed by atoms with van der Waals surface area (Å²) in [6.45, 7) is 1.36. The molecule has 7 heteroatoms. The highest BCUT2D eigenvalue weighted by molar-refractivity contribution is 5.52. The minimum absolute atomic E-state index is 0.592. The van der Waals surface area contributed by atoms with Crippen molar-refractivity contribution in [3.05, 3.63) is 48.1 Å². The van der Waals surface area contributed by atoms with Gasteiger partial charge in [0.15, 0.2) is 0 Å². The molecule has 1 fully saturated rings. The molecule has 0 saturated heterocycles. The summed E-state index contributed by atoms with van der Waals surface area (Å²) in [6.07, 6.45) is 11.9. The largest absolute Gasteiger partial charge is 0.345 e. The summed E-state index contributed by atoms with van der Waals surface area (Å²) >= 11 is 0. The van der Waals surface area contributed by atoms with Crippen molar-refractivity contribution < 1.29 is 4.52 Å². The molecule has 1 N–H and O–H groups in total. The number of nitrogens with zero attached hydrogens (tertiary/aromatic N) is 5. The molecule has 0 bridgehead atoms. The van der Waals surface area contributed by atoms with Crippen molar-refractivity contribution in [1.82, 2.24) is 30.0 Å². The van der Waals surface area contributed by atoms with Gasteiger partial charge in [-0.05, 0) is 25.1 Å². The van der Waals surface area contributed by atoms with Gasteiger partial charge in [-0.2, -0.15) is 4.98 Å². The Kier molecular flexibility index (Phi) is 5.06. The van der Waals surface area contributed by atoms with Crippen LogP contribution in [0.2, 0.25) is 0 Å². The van der Waals surface area contributed by atoms with E-state index in [4.69, 9.17) is 4.52 Å². The molecule has 1 aliphatic carbocycles. The molecule has 0 atom stereocenters. The summed E-state index contributed by atoms with van der Waals surface area (Å²) in [5, 5.41) is 4.05. The average molecular weight is 352 g/mol. The summed E-state index contributed by atoms with van der Waals surface area (Å²) in [7, 11) is 2.04. The lowest BCUT2D eigenvalue weighted by molar-refractivity contribution is 0.259. The summed E-state index contributed by atoms with van der Waals surface area (Å²) in [5.74, 6) is 3.11. The second kappa shape index (κ2) is 7.78. The molecule has 4 rings (SSSR count). The normalized spacial score (nSPS) is 15.2. The maximum Gasteiger partial charge on any atom is 0.241 e. The van der Waals surface area contributed by atoms with Crippen LogP contribution in [0.25, 0.3) is 11.4 Å². The first-order chi connectivity index (χ1) is 12.8. The Morgan fingerprint density at radius 2 is 2.00 bits per heavy atom. The average Bonchev–Trinajstić information content (AvgIpc) is 3.39. The van der Waals surface area contributed by atoms with Crippen molar-refractivity contribution in [2.45, 2.75) is 45.2 Å². The molecule has 0 radical (unpaired) electrons. The van der Waals surface area contributed by atoms with E-state index in [2.05, 4.69) is 30.0 Å². The van der Waals surface area contributed by atoms with Crippen LogP contribution in [0, 0.1) is 5.92 Å². The zero-order chi connectivity index (χ0) is 17.8. The van der Waals surface area contributed by atoms with Crippen LogP contribution in [-0.2, 0) is 19.5 Å². The van der Waals surface area contributed by atoms with Crippen molar-refractivity contribution in [3.63, 3.8) is 0 Å². The maximum absolute atomic E-state index is 5.37. The Hall–Kier alpha value is -2.54. The highest BCUT2D eigenvalue weighted by Crippen LogP contribution is 2.27. The Morgan fingerprint density at radius 3 is 2.81 bits per heavy atom. The molecule has 26 heavy (non-hydrogen) atoms. The van der Waals surface area contributed by atoms with E-state index in [0.717, 1.165) is 36.0 Å². The fraction of sp³-hybridized carbons (Fsp3) is 0.474. The van der Waals surface area contributed by atoms with Crippen molar-refractivity contribution >= 4 is 0 Å². The van der Waals surface area contributed by atoms with E-state index >= 15 is 0 Å². The van der Waals surface area contributed by atoms with Gasteiger partial charge in [0.1, 0.15) is 5.82 Å². The van der Waals surface area contributed by atoms with Crippen LogP contribution in [0.1, 0.15) is 43.1 Å². The second-order valence-electron chi connectivity index (χ2n) is 7.13. The molecule has 1 aliphatic rings. The summed E-state index contributed by atoms with van der Waals surface area (Å²) in [5.41, 5.74) is 2.03. The van der Waals surface area contributed by atoms with E-state index in [0.29, 0.717) is 18.3 Å². The third-order valence-corrected chi connectivity index (χ3v) is 4.89. The standard InChI is InChI=1S/C19H24N6O/c1-25(12-16-11-21-17(22-16)10-14-4-2-3-5-14)13-18-23-19(24-26-18)15-6-8-20-9-7-15/h6-9,11,14H,2-5,10,12-13H2,1H3,(H,21,22). The maximum atomic E-state index is 5.37. The monoisotopic (exact) mass is 352 g/mol. The quantitative estimate of drug-likeness (QED) is 0.703. The molecule has 0 aromatic carbocycles. The molecule has 1 saturated carbocycles. The van der Waals surface area contributed by atoms with E-state index in [9.17, 15) is 0 Å². The minimum atomic E-state index is 0.592. The second-order valence-corrected chi connectivity index (χ2v) is 7.13. The van der Waals surface area contributed by atoms with Gasteiger partial charge in [-0.1, -0.05) is 30.8 Å². The van der Waals surface area contributed by atoms with Crippen LogP contribution in [0.3, 0.4) is 0 Å². The molecule has 0 amide bonds. The lowest BCUT2D eigenvalue weighted by Gasteiger charge is -2.12. The fourth-order valence-corrected chi connectivity index (χ4v) is 3.59. The number of imidazole rings is 1. The number of H-pyrrole nitrogens is 1. The van der Waals surface area contributed by atoms with Crippen molar-refractivity contribution in [3.8, 4) is 11.4 Å². The van der Waals surface area contributed by atoms with E-state index in [1.54, 1.807) is 12.4 Å². The lowest BCUT2D eigenvalue weighted by atomic mass is 10.0. The van der Waals surface area contributed by atoms with Crippen LogP contribution >= 0.6 is 0 Å². The first kappa shape index (κ1) is 16.9. The zero-order valence-electron chi connectivity index (χ0n) is 15.1. The molecule has 7 nitrogen and oxygen atoms in total. The Morgan fingerprint density at radius 1 is 1.19 bits per heavy atom. The van der Waals surface area contributed by atoms with Crippen LogP contribution in [0.15, 0.2) is 35.2 Å². The SMILES string of the molecule is CN(Cc1cnc(CC2CCCC2)[nH]1)Cc1nc(-c2ccncc2)no1. The zero-order valence-corrected chi connectivity index (χ0v) is 15.1. The third-order valence-electron chi connectivity index (χ3n) is 4.89. The smallest absolute Gasteiger partial charge is 0.241 e. The van der Waals surface area contributed by atoms with Crippen LogP contribution < -0.4 is 0 Å². The number of rotatable bonds is 7. The van der Waals surface area contributed by atoms with Crippen LogP contribution in [0.5, 0.6) is 0 Å². The molecule has 0 spiro atoms. The predicted molar refractivity (Wildman–Crippen MR) is 96.9 cm³/mol. The Balaban J connectivity index is 1.32. The molecule has 3 aromatic rings. The van der Waals surface area contributed by atoms with Crippen LogP contribution in [-0.4, -0.2) is 37.0 Å². The van der Waals surface area contributed by atoms with E-state index in [-0.39, 0.29) is 0 Å². The summed E-state index contributed by atoms with van der Waals surface area (Å²) in [6, 6.07) is 3.74. The van der Waals surface area contributed by atoms with E-state index < -0.39 is 0 Å². The number of hydrogen-bond acceptors (Lipinski definition) is 6. The van der Waals surface area contributed by atoms with Crippen molar-refractivity contribution in [1.29, 1.82) is 0 Å². The Bertz CT molecular complexity index is 821. The molecule has 0 unspecified atom stereocenters. The Labute approximate surface area is 152 Å². The molecule has 3 heterocycles. The number of aromatic nitrogens is 5. The minimum Gasteiger partial charge on any atom is -0.345 e. The van der Waals surface area contributed by atoms with Gasteiger partial charge in [0.2, 0.25) is 11.7 Å². The highest BCUT2D eigenvalue weighted by atomic mass is 16.5. The molecule has 0 aliphatic heterocycles. The number of hydrogen-bond donors (Lipinski definition) is 1. The van der Waals surface area contributed by atoms with Crippen molar-refractivity contribution in [2.24, 2.45) is 5.92 Å². The summed E-state index contributed by atoms with van der Waals surface area (Å²) in [4.78, 5) is 18.6. The number of aromatic amines is 1. The van der Waals surface area contributed by atoms with Gasteiger partial charge in [-0.3, -0.25) is 9.88 Å².